The van der Waals surface area contributed by atoms with Crippen molar-refractivity contribution in [2.45, 2.75) is 13.2 Å². The normalized spacial score (nSPS) is 14.9. The van der Waals surface area contributed by atoms with Gasteiger partial charge in [-0.3, -0.25) is 14.5 Å². The monoisotopic (exact) mass is 485 g/mol. The van der Waals surface area contributed by atoms with Crippen molar-refractivity contribution >= 4 is 51.4 Å². The molecular formula is C28H20ClNO3S. The molecule has 0 aromatic heterocycles. The molecule has 1 saturated heterocycles. The summed E-state index contributed by atoms with van der Waals surface area (Å²) < 4.78 is 5.93. The first-order valence-electron chi connectivity index (χ1n) is 10.8. The minimum Gasteiger partial charge on any atom is -0.489 e. The zero-order valence-electron chi connectivity index (χ0n) is 18.1. The van der Waals surface area contributed by atoms with E-state index >= 15 is 0 Å². The van der Waals surface area contributed by atoms with Gasteiger partial charge in [-0.2, -0.15) is 0 Å². The molecule has 0 spiro atoms. The molecule has 0 radical (unpaired) electrons. The average Bonchev–Trinajstić information content (AvgIpc) is 3.11. The number of thioether (sulfide) groups is 1. The number of benzene rings is 4. The number of hydrogen-bond acceptors (Lipinski definition) is 4. The highest BCUT2D eigenvalue weighted by molar-refractivity contribution is 8.18. The lowest BCUT2D eigenvalue weighted by atomic mass is 10.1. The second kappa shape index (κ2) is 9.75. The first-order valence-corrected chi connectivity index (χ1v) is 11.9. The standard InChI is InChI=1S/C28H20ClNO3S/c29-24-7-3-4-20(15-24)17-30-27(31)26(34-28(30)32)16-19-9-12-25(13-10-19)33-18-21-8-11-22-5-1-2-6-23(22)14-21/h1-16H,17-18H2/b26-16-. The summed E-state index contributed by atoms with van der Waals surface area (Å²) in [6.07, 6.45) is 1.73. The van der Waals surface area contributed by atoms with Crippen molar-refractivity contribution in [3.05, 3.63) is 118 Å². The highest BCUT2D eigenvalue weighted by atomic mass is 35.5. The maximum absolute atomic E-state index is 12.8. The molecule has 0 aliphatic carbocycles. The maximum atomic E-state index is 12.8. The predicted octanol–water partition coefficient (Wildman–Crippen LogP) is 7.31. The second-order valence-electron chi connectivity index (χ2n) is 7.94. The summed E-state index contributed by atoms with van der Waals surface area (Å²) >= 11 is 6.96. The van der Waals surface area contributed by atoms with Gasteiger partial charge in [0.2, 0.25) is 0 Å². The van der Waals surface area contributed by atoms with E-state index in [1.807, 2.05) is 42.5 Å². The van der Waals surface area contributed by atoms with Crippen molar-refractivity contribution in [3.8, 4) is 5.75 Å². The van der Waals surface area contributed by atoms with Crippen LogP contribution in [-0.4, -0.2) is 16.0 Å². The number of carbonyl (C=O) groups excluding carboxylic acids is 2. The number of ether oxygens (including phenoxy) is 1. The van der Waals surface area contributed by atoms with Crippen LogP contribution in [0.15, 0.2) is 95.9 Å². The number of carbonyl (C=O) groups is 2. The number of imide groups is 1. The van der Waals surface area contributed by atoms with Crippen molar-refractivity contribution in [3.63, 3.8) is 0 Å². The molecule has 168 valence electrons. The first-order chi connectivity index (χ1) is 16.5. The molecule has 0 atom stereocenters. The van der Waals surface area contributed by atoms with Gasteiger partial charge in [0.25, 0.3) is 11.1 Å². The Hall–Kier alpha value is -3.54. The van der Waals surface area contributed by atoms with Crippen molar-refractivity contribution in [1.82, 2.24) is 4.90 Å². The van der Waals surface area contributed by atoms with E-state index in [2.05, 4.69) is 30.3 Å². The third-order valence-corrected chi connectivity index (χ3v) is 6.64. The van der Waals surface area contributed by atoms with Crippen LogP contribution in [0, 0.1) is 0 Å². The van der Waals surface area contributed by atoms with E-state index in [1.165, 1.54) is 15.7 Å². The van der Waals surface area contributed by atoms with Crippen LogP contribution in [0.3, 0.4) is 0 Å². The van der Waals surface area contributed by atoms with Crippen LogP contribution in [0.25, 0.3) is 16.8 Å². The van der Waals surface area contributed by atoms with E-state index < -0.39 is 0 Å². The van der Waals surface area contributed by atoms with Gasteiger partial charge in [-0.15, -0.1) is 0 Å². The van der Waals surface area contributed by atoms with Gasteiger partial charge in [-0.25, -0.2) is 0 Å². The molecule has 1 aliphatic rings. The maximum Gasteiger partial charge on any atom is 0.293 e. The van der Waals surface area contributed by atoms with E-state index in [0.717, 1.165) is 34.2 Å². The van der Waals surface area contributed by atoms with Crippen LogP contribution >= 0.6 is 23.4 Å². The van der Waals surface area contributed by atoms with Gasteiger partial charge in [-0.1, -0.05) is 72.3 Å². The quantitative estimate of drug-likeness (QED) is 0.269. The molecule has 0 unspecified atom stereocenters. The molecule has 1 fully saturated rings. The molecule has 1 heterocycles. The molecule has 0 N–H and O–H groups in total. The smallest absolute Gasteiger partial charge is 0.293 e. The SMILES string of the molecule is O=C1S/C(=C\c2ccc(OCc3ccc4ccccc4c3)cc2)C(=O)N1Cc1cccc(Cl)c1. The van der Waals surface area contributed by atoms with Crippen molar-refractivity contribution in [2.24, 2.45) is 0 Å². The van der Waals surface area contributed by atoms with E-state index in [-0.39, 0.29) is 17.7 Å². The molecule has 0 bridgehead atoms. The Balaban J connectivity index is 1.23. The fraction of sp³-hybridized carbons (Fsp3) is 0.0714. The van der Waals surface area contributed by atoms with Gasteiger partial charge in [-0.05, 0) is 75.6 Å². The molecule has 4 aromatic carbocycles. The minimum atomic E-state index is -0.299. The van der Waals surface area contributed by atoms with E-state index in [1.54, 1.807) is 24.3 Å². The molecule has 1 aliphatic heterocycles. The average molecular weight is 486 g/mol. The van der Waals surface area contributed by atoms with Crippen molar-refractivity contribution in [1.29, 1.82) is 0 Å². The lowest BCUT2D eigenvalue weighted by Gasteiger charge is -2.12. The van der Waals surface area contributed by atoms with Crippen LogP contribution in [0.1, 0.15) is 16.7 Å². The molecule has 4 aromatic rings. The fourth-order valence-electron chi connectivity index (χ4n) is 3.76. The second-order valence-corrected chi connectivity index (χ2v) is 9.37. The molecule has 5 rings (SSSR count). The molecule has 4 nitrogen and oxygen atoms in total. The van der Waals surface area contributed by atoms with Gasteiger partial charge in [0.05, 0.1) is 11.4 Å². The van der Waals surface area contributed by atoms with E-state index in [9.17, 15) is 9.59 Å². The van der Waals surface area contributed by atoms with Gasteiger partial charge in [0, 0.05) is 5.02 Å². The van der Waals surface area contributed by atoms with Gasteiger partial charge in [0.15, 0.2) is 0 Å². The molecular weight excluding hydrogens is 466 g/mol. The number of fused-ring (bicyclic) bond motifs is 1. The summed E-state index contributed by atoms with van der Waals surface area (Å²) in [5, 5.41) is 2.67. The number of rotatable bonds is 6. The zero-order chi connectivity index (χ0) is 23.5. The molecule has 0 saturated carbocycles. The van der Waals surface area contributed by atoms with Crippen LogP contribution in [-0.2, 0) is 17.9 Å². The Morgan fingerprint density at radius 2 is 1.62 bits per heavy atom. The molecule has 2 amide bonds. The lowest BCUT2D eigenvalue weighted by molar-refractivity contribution is -0.123. The highest BCUT2D eigenvalue weighted by Gasteiger charge is 2.34. The Bertz CT molecular complexity index is 1410. The van der Waals surface area contributed by atoms with Crippen LogP contribution in [0.2, 0.25) is 5.02 Å². The lowest BCUT2D eigenvalue weighted by Crippen LogP contribution is -2.27. The molecule has 34 heavy (non-hydrogen) atoms. The summed E-state index contributed by atoms with van der Waals surface area (Å²) in [5.74, 6) is 0.436. The topological polar surface area (TPSA) is 46.6 Å². The summed E-state index contributed by atoms with van der Waals surface area (Å²) in [4.78, 5) is 26.8. The Kier molecular flexibility index (Phi) is 6.39. The number of nitrogens with zero attached hydrogens (tertiary/aromatic N) is 1. The Morgan fingerprint density at radius 3 is 2.41 bits per heavy atom. The number of halogens is 1. The number of hydrogen-bond donors (Lipinski definition) is 0. The largest absolute Gasteiger partial charge is 0.489 e. The van der Waals surface area contributed by atoms with Crippen LogP contribution in [0.5, 0.6) is 5.75 Å². The van der Waals surface area contributed by atoms with Crippen molar-refractivity contribution in [2.75, 3.05) is 0 Å². The highest BCUT2D eigenvalue weighted by Crippen LogP contribution is 2.33. The summed E-state index contributed by atoms with van der Waals surface area (Å²) in [7, 11) is 0. The van der Waals surface area contributed by atoms with Gasteiger partial charge >= 0.3 is 0 Å². The van der Waals surface area contributed by atoms with Crippen LogP contribution < -0.4 is 4.74 Å². The summed E-state index contributed by atoms with van der Waals surface area (Å²) in [6.45, 7) is 0.663. The summed E-state index contributed by atoms with van der Waals surface area (Å²) in [5.41, 5.74) is 2.73. The van der Waals surface area contributed by atoms with Gasteiger partial charge in [0.1, 0.15) is 12.4 Å². The van der Waals surface area contributed by atoms with E-state index in [4.69, 9.17) is 16.3 Å². The van der Waals surface area contributed by atoms with Crippen molar-refractivity contribution < 1.29 is 14.3 Å². The third kappa shape index (κ3) is 5.01. The summed E-state index contributed by atoms with van der Waals surface area (Å²) in [6, 6.07) is 29.2. The zero-order valence-corrected chi connectivity index (χ0v) is 19.7. The number of amides is 2. The third-order valence-electron chi connectivity index (χ3n) is 5.50. The van der Waals surface area contributed by atoms with Crippen LogP contribution in [0.4, 0.5) is 4.79 Å². The fourth-order valence-corrected chi connectivity index (χ4v) is 4.81. The van der Waals surface area contributed by atoms with Gasteiger partial charge < -0.3 is 4.74 Å². The minimum absolute atomic E-state index is 0.199. The molecule has 6 heteroatoms. The first kappa shape index (κ1) is 22.3. The Morgan fingerprint density at radius 1 is 0.824 bits per heavy atom. The predicted molar refractivity (Wildman–Crippen MR) is 138 cm³/mol. The van der Waals surface area contributed by atoms with E-state index in [0.29, 0.717) is 16.5 Å². The Labute approximate surface area is 206 Å².